The maximum atomic E-state index is 11.5. The summed E-state index contributed by atoms with van der Waals surface area (Å²) in [5.41, 5.74) is 6.04. The van der Waals surface area contributed by atoms with Gasteiger partial charge in [-0.1, -0.05) is 11.6 Å². The minimum Gasteiger partial charge on any atom is -0.397 e. The van der Waals surface area contributed by atoms with Gasteiger partial charge in [0.05, 0.1) is 16.9 Å². The molecule has 1 aliphatic rings. The van der Waals surface area contributed by atoms with Gasteiger partial charge in [-0.05, 0) is 18.9 Å². The van der Waals surface area contributed by atoms with E-state index in [1.54, 1.807) is 6.07 Å². The predicted octanol–water partition coefficient (Wildman–Crippen LogP) is 1.01. The van der Waals surface area contributed by atoms with Crippen LogP contribution < -0.4 is 16.4 Å². The summed E-state index contributed by atoms with van der Waals surface area (Å²) >= 11 is 5.96. The first-order chi connectivity index (χ1) is 7.66. The molecule has 5 nitrogen and oxygen atoms in total. The highest BCUT2D eigenvalue weighted by Crippen LogP contribution is 2.22. The molecule has 0 aliphatic carbocycles. The van der Waals surface area contributed by atoms with Crippen molar-refractivity contribution in [2.24, 2.45) is 0 Å². The highest BCUT2D eigenvalue weighted by atomic mass is 35.5. The van der Waals surface area contributed by atoms with Gasteiger partial charge in [0, 0.05) is 6.54 Å². The van der Waals surface area contributed by atoms with Crippen molar-refractivity contribution in [2.45, 2.75) is 18.9 Å². The topological polar surface area (TPSA) is 80.0 Å². The zero-order valence-electron chi connectivity index (χ0n) is 8.66. The second-order valence-electron chi connectivity index (χ2n) is 3.73. The van der Waals surface area contributed by atoms with Crippen LogP contribution in [0.3, 0.4) is 0 Å². The van der Waals surface area contributed by atoms with Crippen molar-refractivity contribution in [3.63, 3.8) is 0 Å². The van der Waals surface area contributed by atoms with Gasteiger partial charge in [0.25, 0.3) is 0 Å². The Bertz CT molecular complexity index is 410. The van der Waals surface area contributed by atoms with Crippen LogP contribution in [0.4, 0.5) is 11.5 Å². The average molecular weight is 241 g/mol. The molecule has 2 rings (SSSR count). The summed E-state index contributed by atoms with van der Waals surface area (Å²) in [4.78, 5) is 15.6. The van der Waals surface area contributed by atoms with Gasteiger partial charge in [-0.15, -0.1) is 0 Å². The van der Waals surface area contributed by atoms with Crippen LogP contribution in [0.2, 0.25) is 5.02 Å². The number of anilines is 2. The van der Waals surface area contributed by atoms with Crippen LogP contribution in [-0.4, -0.2) is 23.5 Å². The van der Waals surface area contributed by atoms with Crippen molar-refractivity contribution in [3.8, 4) is 0 Å². The van der Waals surface area contributed by atoms with Crippen molar-refractivity contribution in [1.82, 2.24) is 10.3 Å². The van der Waals surface area contributed by atoms with E-state index in [0.717, 1.165) is 19.4 Å². The van der Waals surface area contributed by atoms with Crippen molar-refractivity contribution >= 4 is 29.0 Å². The number of hydrogen-bond acceptors (Lipinski definition) is 4. The smallest absolute Gasteiger partial charge is 0.242 e. The first-order valence-electron chi connectivity index (χ1n) is 5.12. The largest absolute Gasteiger partial charge is 0.397 e. The minimum absolute atomic E-state index is 0.0130. The number of rotatable bonds is 2. The standard InChI is InChI=1S/C10H13ClN4O/c11-7-4-6(12)5-14-9(7)15-8-2-1-3-13-10(8)16/h4-5,8H,1-3,12H2,(H,13,16)(H,14,15). The number of carbonyl (C=O) groups is 1. The lowest BCUT2D eigenvalue weighted by Crippen LogP contribution is -2.44. The Morgan fingerprint density at radius 3 is 3.12 bits per heavy atom. The van der Waals surface area contributed by atoms with Crippen LogP contribution in [-0.2, 0) is 4.79 Å². The minimum atomic E-state index is -0.262. The van der Waals surface area contributed by atoms with Crippen molar-refractivity contribution in [2.75, 3.05) is 17.6 Å². The van der Waals surface area contributed by atoms with Gasteiger partial charge in [0.15, 0.2) is 0 Å². The number of nitrogens with one attached hydrogen (secondary N) is 2. The molecule has 0 aromatic carbocycles. The Hall–Kier alpha value is -1.49. The molecule has 1 fully saturated rings. The fourth-order valence-electron chi connectivity index (χ4n) is 1.63. The predicted molar refractivity (Wildman–Crippen MR) is 63.3 cm³/mol. The zero-order valence-corrected chi connectivity index (χ0v) is 9.42. The highest BCUT2D eigenvalue weighted by Gasteiger charge is 2.22. The van der Waals surface area contributed by atoms with Crippen molar-refractivity contribution in [3.05, 3.63) is 17.3 Å². The molecule has 1 saturated heterocycles. The fourth-order valence-corrected chi connectivity index (χ4v) is 1.86. The summed E-state index contributed by atoms with van der Waals surface area (Å²) in [5.74, 6) is 0.485. The molecular formula is C10H13ClN4O. The van der Waals surface area contributed by atoms with E-state index in [1.807, 2.05) is 0 Å². The number of halogens is 1. The normalized spacial score (nSPS) is 20.3. The average Bonchev–Trinajstić information content (AvgIpc) is 2.25. The lowest BCUT2D eigenvalue weighted by atomic mass is 10.1. The van der Waals surface area contributed by atoms with Crippen LogP contribution in [0, 0.1) is 0 Å². The summed E-state index contributed by atoms with van der Waals surface area (Å²) in [5, 5.41) is 6.23. The Morgan fingerprint density at radius 2 is 2.44 bits per heavy atom. The number of carbonyl (C=O) groups excluding carboxylic acids is 1. The summed E-state index contributed by atoms with van der Waals surface area (Å²) in [6.45, 7) is 0.736. The van der Waals surface area contributed by atoms with Crippen molar-refractivity contribution < 1.29 is 4.79 Å². The Balaban J connectivity index is 2.10. The van der Waals surface area contributed by atoms with Crippen LogP contribution >= 0.6 is 11.6 Å². The monoisotopic (exact) mass is 240 g/mol. The number of nitrogens with two attached hydrogens (primary N) is 1. The second-order valence-corrected chi connectivity index (χ2v) is 4.14. The van der Waals surface area contributed by atoms with Crippen LogP contribution in [0.25, 0.3) is 0 Å². The summed E-state index contributed by atoms with van der Waals surface area (Å²) < 4.78 is 0. The molecule has 0 saturated carbocycles. The molecule has 1 amide bonds. The zero-order chi connectivity index (χ0) is 11.5. The van der Waals surface area contributed by atoms with E-state index in [1.165, 1.54) is 6.20 Å². The van der Waals surface area contributed by atoms with Crippen molar-refractivity contribution in [1.29, 1.82) is 0 Å². The molecule has 0 bridgehead atoms. The number of nitrogen functional groups attached to an aromatic ring is 1. The van der Waals surface area contributed by atoms with Gasteiger partial charge in [-0.2, -0.15) is 0 Å². The molecule has 1 aromatic rings. The van der Waals surface area contributed by atoms with Gasteiger partial charge in [0.2, 0.25) is 5.91 Å². The van der Waals surface area contributed by atoms with Gasteiger partial charge in [0.1, 0.15) is 11.9 Å². The Kier molecular flexibility index (Phi) is 3.14. The maximum absolute atomic E-state index is 11.5. The molecule has 2 heterocycles. The van der Waals surface area contributed by atoms with Gasteiger partial charge in [-0.3, -0.25) is 4.79 Å². The number of hydrogen-bond donors (Lipinski definition) is 3. The maximum Gasteiger partial charge on any atom is 0.242 e. The van der Waals surface area contributed by atoms with E-state index in [2.05, 4.69) is 15.6 Å². The third-order valence-electron chi connectivity index (χ3n) is 2.46. The Labute approximate surface area is 98.4 Å². The molecule has 16 heavy (non-hydrogen) atoms. The van der Waals surface area contributed by atoms with Gasteiger partial charge >= 0.3 is 0 Å². The highest BCUT2D eigenvalue weighted by molar-refractivity contribution is 6.33. The number of nitrogens with zero attached hydrogens (tertiary/aromatic N) is 1. The summed E-state index contributed by atoms with van der Waals surface area (Å²) in [6, 6.07) is 1.35. The third-order valence-corrected chi connectivity index (χ3v) is 2.75. The molecule has 4 N–H and O–H groups in total. The molecule has 6 heteroatoms. The number of aromatic nitrogens is 1. The molecule has 0 spiro atoms. The number of piperidine rings is 1. The molecule has 1 atom stereocenters. The quantitative estimate of drug-likeness (QED) is 0.721. The lowest BCUT2D eigenvalue weighted by molar-refractivity contribution is -0.123. The lowest BCUT2D eigenvalue weighted by Gasteiger charge is -2.23. The Morgan fingerprint density at radius 1 is 1.62 bits per heavy atom. The first kappa shape index (κ1) is 11.0. The molecule has 86 valence electrons. The first-order valence-corrected chi connectivity index (χ1v) is 5.50. The van der Waals surface area contributed by atoms with E-state index in [4.69, 9.17) is 17.3 Å². The van der Waals surface area contributed by atoms with E-state index in [0.29, 0.717) is 16.5 Å². The van der Waals surface area contributed by atoms with E-state index in [-0.39, 0.29) is 11.9 Å². The van der Waals surface area contributed by atoms with Crippen LogP contribution in [0.1, 0.15) is 12.8 Å². The third kappa shape index (κ3) is 2.36. The van der Waals surface area contributed by atoms with E-state index < -0.39 is 0 Å². The van der Waals surface area contributed by atoms with Crippen LogP contribution in [0.5, 0.6) is 0 Å². The van der Waals surface area contributed by atoms with E-state index >= 15 is 0 Å². The van der Waals surface area contributed by atoms with Crippen LogP contribution in [0.15, 0.2) is 12.3 Å². The van der Waals surface area contributed by atoms with E-state index in [9.17, 15) is 4.79 Å². The van der Waals surface area contributed by atoms with Gasteiger partial charge < -0.3 is 16.4 Å². The summed E-state index contributed by atoms with van der Waals surface area (Å²) in [7, 11) is 0. The molecule has 0 radical (unpaired) electrons. The van der Waals surface area contributed by atoms with Gasteiger partial charge in [-0.25, -0.2) is 4.98 Å². The molecular weight excluding hydrogens is 228 g/mol. The SMILES string of the molecule is Nc1cnc(NC2CCCNC2=O)c(Cl)c1. The molecule has 1 aliphatic heterocycles. The number of pyridine rings is 1. The fraction of sp³-hybridized carbons (Fsp3) is 0.400. The summed E-state index contributed by atoms with van der Waals surface area (Å²) in [6.07, 6.45) is 3.25. The molecule has 1 unspecified atom stereocenters. The number of amides is 1. The second kappa shape index (κ2) is 4.57. The molecule has 1 aromatic heterocycles.